The highest BCUT2D eigenvalue weighted by Gasteiger charge is 2.15. The minimum atomic E-state index is -3.62. The first-order valence-corrected chi connectivity index (χ1v) is 9.23. The lowest BCUT2D eigenvalue weighted by molar-refractivity contribution is 0.601. The van der Waals surface area contributed by atoms with Crippen molar-refractivity contribution in [1.29, 1.82) is 0 Å². The Morgan fingerprint density at radius 1 is 0.840 bits per heavy atom. The number of benzene rings is 3. The Morgan fingerprint density at radius 3 is 2.24 bits per heavy atom. The van der Waals surface area contributed by atoms with Gasteiger partial charge in [-0.2, -0.15) is 5.10 Å². The van der Waals surface area contributed by atoms with Crippen LogP contribution in [0, 0.1) is 0 Å². The number of aromatic nitrogens is 2. The molecule has 124 valence electrons. The highest BCUT2D eigenvalue weighted by Crippen LogP contribution is 2.29. The normalized spacial score (nSPS) is 11.5. The molecule has 0 radical (unpaired) electrons. The second-order valence-corrected chi connectivity index (χ2v) is 7.30. The van der Waals surface area contributed by atoms with Gasteiger partial charge in [-0.1, -0.05) is 48.5 Å². The number of anilines is 1. The molecule has 0 bridgehead atoms. The highest BCUT2D eigenvalue weighted by molar-refractivity contribution is 7.92. The molecule has 0 amide bonds. The first kappa shape index (κ1) is 15.4. The largest absolute Gasteiger partial charge is 0.280 e. The molecule has 2 N–H and O–H groups in total. The van der Waals surface area contributed by atoms with Gasteiger partial charge in [0.2, 0.25) is 0 Å². The predicted octanol–water partition coefficient (Wildman–Crippen LogP) is 4.03. The van der Waals surface area contributed by atoms with Crippen LogP contribution in [0.2, 0.25) is 0 Å². The summed E-state index contributed by atoms with van der Waals surface area (Å²) in [4.78, 5) is 0.227. The molecule has 5 nitrogen and oxygen atoms in total. The van der Waals surface area contributed by atoms with Gasteiger partial charge in [0.1, 0.15) is 0 Å². The number of sulfonamides is 1. The van der Waals surface area contributed by atoms with E-state index in [9.17, 15) is 8.42 Å². The van der Waals surface area contributed by atoms with E-state index in [1.165, 1.54) is 0 Å². The van der Waals surface area contributed by atoms with Crippen LogP contribution in [0.4, 0.5) is 5.69 Å². The highest BCUT2D eigenvalue weighted by atomic mass is 32.2. The molecular formula is C19H15N3O2S. The van der Waals surface area contributed by atoms with Gasteiger partial charge >= 0.3 is 0 Å². The van der Waals surface area contributed by atoms with Gasteiger partial charge in [-0.25, -0.2) is 8.42 Å². The molecule has 0 aliphatic heterocycles. The van der Waals surface area contributed by atoms with Crippen LogP contribution in [0.5, 0.6) is 0 Å². The Morgan fingerprint density at radius 2 is 1.52 bits per heavy atom. The SMILES string of the molecule is O=S(=O)(Nc1ccc2[nH]nc(-c3ccccc3)c2c1)c1ccccc1. The molecule has 0 aliphatic carbocycles. The smallest absolute Gasteiger partial charge is 0.261 e. The summed E-state index contributed by atoms with van der Waals surface area (Å²) < 4.78 is 27.6. The standard InChI is InChI=1S/C19H15N3O2S/c23-25(24,16-9-5-2-6-10-16)22-15-11-12-18-17(13-15)19(21-20-18)14-7-3-1-4-8-14/h1-13,22H,(H,20,21). The van der Waals surface area contributed by atoms with Crippen molar-refractivity contribution in [3.63, 3.8) is 0 Å². The molecule has 4 rings (SSSR count). The second-order valence-electron chi connectivity index (χ2n) is 5.62. The van der Waals surface area contributed by atoms with E-state index in [4.69, 9.17) is 0 Å². The zero-order chi connectivity index (χ0) is 17.3. The maximum atomic E-state index is 12.5. The summed E-state index contributed by atoms with van der Waals surface area (Å²) in [5.41, 5.74) is 3.10. The van der Waals surface area contributed by atoms with Crippen LogP contribution in [-0.2, 0) is 10.0 Å². The van der Waals surface area contributed by atoms with Crippen molar-refractivity contribution in [1.82, 2.24) is 10.2 Å². The zero-order valence-electron chi connectivity index (χ0n) is 13.2. The van der Waals surface area contributed by atoms with E-state index in [0.717, 1.165) is 22.2 Å². The molecule has 0 saturated heterocycles. The fourth-order valence-electron chi connectivity index (χ4n) is 2.71. The van der Waals surface area contributed by atoms with Crippen molar-refractivity contribution >= 4 is 26.6 Å². The number of fused-ring (bicyclic) bond motifs is 1. The molecule has 4 aromatic rings. The monoisotopic (exact) mass is 349 g/mol. The van der Waals surface area contributed by atoms with E-state index < -0.39 is 10.0 Å². The number of hydrogen-bond donors (Lipinski definition) is 2. The molecule has 0 fully saturated rings. The van der Waals surface area contributed by atoms with Crippen molar-refractivity contribution in [3.8, 4) is 11.3 Å². The number of rotatable bonds is 4. The molecule has 6 heteroatoms. The quantitative estimate of drug-likeness (QED) is 0.584. The van der Waals surface area contributed by atoms with Gasteiger partial charge in [-0.3, -0.25) is 9.82 Å². The van der Waals surface area contributed by atoms with Crippen LogP contribution in [0.1, 0.15) is 0 Å². The van der Waals surface area contributed by atoms with E-state index in [0.29, 0.717) is 5.69 Å². The van der Waals surface area contributed by atoms with Crippen molar-refractivity contribution in [2.24, 2.45) is 0 Å². The summed E-state index contributed by atoms with van der Waals surface area (Å²) in [5.74, 6) is 0. The van der Waals surface area contributed by atoms with E-state index in [1.807, 2.05) is 36.4 Å². The van der Waals surface area contributed by atoms with Crippen molar-refractivity contribution in [3.05, 3.63) is 78.9 Å². The Balaban J connectivity index is 1.75. The van der Waals surface area contributed by atoms with Gasteiger partial charge < -0.3 is 0 Å². The van der Waals surface area contributed by atoms with Crippen LogP contribution < -0.4 is 4.72 Å². The van der Waals surface area contributed by atoms with Crippen molar-refractivity contribution < 1.29 is 8.42 Å². The third-order valence-corrected chi connectivity index (χ3v) is 5.31. The molecule has 3 aromatic carbocycles. The fraction of sp³-hybridized carbons (Fsp3) is 0. The number of aromatic amines is 1. The maximum absolute atomic E-state index is 12.5. The maximum Gasteiger partial charge on any atom is 0.261 e. The van der Waals surface area contributed by atoms with Crippen LogP contribution in [0.3, 0.4) is 0 Å². The third kappa shape index (κ3) is 2.99. The molecule has 0 aliphatic rings. The van der Waals surface area contributed by atoms with Crippen LogP contribution in [-0.4, -0.2) is 18.6 Å². The Labute approximate surface area is 145 Å². The van der Waals surface area contributed by atoms with Gasteiger partial charge in [0.05, 0.1) is 16.1 Å². The molecule has 1 aromatic heterocycles. The topological polar surface area (TPSA) is 74.8 Å². The first-order chi connectivity index (χ1) is 12.1. The van der Waals surface area contributed by atoms with Gasteiger partial charge in [-0.15, -0.1) is 0 Å². The van der Waals surface area contributed by atoms with Gasteiger partial charge in [0.25, 0.3) is 10.0 Å². The fourth-order valence-corrected chi connectivity index (χ4v) is 3.78. The molecule has 25 heavy (non-hydrogen) atoms. The number of H-pyrrole nitrogens is 1. The lowest BCUT2D eigenvalue weighted by Gasteiger charge is -2.08. The predicted molar refractivity (Wildman–Crippen MR) is 98.8 cm³/mol. The number of nitrogens with zero attached hydrogens (tertiary/aromatic N) is 1. The summed E-state index contributed by atoms with van der Waals surface area (Å²) in [6.07, 6.45) is 0. The lowest BCUT2D eigenvalue weighted by Crippen LogP contribution is -2.12. The third-order valence-electron chi connectivity index (χ3n) is 3.92. The van der Waals surface area contributed by atoms with E-state index >= 15 is 0 Å². The van der Waals surface area contributed by atoms with Gasteiger partial charge in [0.15, 0.2) is 0 Å². The van der Waals surface area contributed by atoms with Crippen molar-refractivity contribution in [2.45, 2.75) is 4.90 Å². The average Bonchev–Trinajstić information content (AvgIpc) is 3.06. The minimum Gasteiger partial charge on any atom is -0.280 e. The Kier molecular flexibility index (Phi) is 3.74. The molecule has 0 unspecified atom stereocenters. The summed E-state index contributed by atoms with van der Waals surface area (Å²) in [7, 11) is -3.62. The first-order valence-electron chi connectivity index (χ1n) is 7.75. The van der Waals surface area contributed by atoms with E-state index in [2.05, 4.69) is 14.9 Å². The van der Waals surface area contributed by atoms with Gasteiger partial charge in [0, 0.05) is 16.6 Å². The number of hydrogen-bond acceptors (Lipinski definition) is 3. The minimum absolute atomic E-state index is 0.227. The van der Waals surface area contributed by atoms with E-state index in [1.54, 1.807) is 42.5 Å². The lowest BCUT2D eigenvalue weighted by atomic mass is 10.1. The van der Waals surface area contributed by atoms with Crippen LogP contribution in [0.15, 0.2) is 83.8 Å². The summed E-state index contributed by atoms with van der Waals surface area (Å²) >= 11 is 0. The van der Waals surface area contributed by atoms with Gasteiger partial charge in [-0.05, 0) is 30.3 Å². The zero-order valence-corrected chi connectivity index (χ0v) is 14.0. The van der Waals surface area contributed by atoms with E-state index in [-0.39, 0.29) is 4.90 Å². The van der Waals surface area contributed by atoms with Crippen LogP contribution in [0.25, 0.3) is 22.2 Å². The summed E-state index contributed by atoms with van der Waals surface area (Å²) in [6.45, 7) is 0. The molecule has 1 heterocycles. The molecule has 0 spiro atoms. The van der Waals surface area contributed by atoms with Crippen molar-refractivity contribution in [2.75, 3.05) is 4.72 Å². The average molecular weight is 349 g/mol. The molecule has 0 saturated carbocycles. The summed E-state index contributed by atoms with van der Waals surface area (Å²) in [6, 6.07) is 23.4. The summed E-state index contributed by atoms with van der Waals surface area (Å²) in [5, 5.41) is 8.20. The van der Waals surface area contributed by atoms with Crippen LogP contribution >= 0.6 is 0 Å². The Hall–Kier alpha value is -3.12. The molecular weight excluding hydrogens is 334 g/mol. The second kappa shape index (κ2) is 6.07. The molecule has 0 atom stereocenters. The number of nitrogens with one attached hydrogen (secondary N) is 2. The Bertz CT molecular complexity index is 1120.